The lowest BCUT2D eigenvalue weighted by Crippen LogP contribution is -2.40. The molecule has 2 fully saturated rings. The number of piperidine rings is 1. The lowest BCUT2D eigenvalue weighted by molar-refractivity contribution is 0.0560. The highest BCUT2D eigenvalue weighted by molar-refractivity contribution is 6.30. The molecule has 1 saturated heterocycles. The Bertz CT molecular complexity index is 1190. The Morgan fingerprint density at radius 3 is 2.12 bits per heavy atom. The second-order valence-corrected chi connectivity index (χ2v) is 12.8. The SMILES string of the molecule is CCN(CC)c1oc(C(C2CCC(C(c3ccc(Cl)cc3)N(C)C)CC2)N2CCCCC2)nc1Cc1ccccc1. The standard InChI is InChI=1S/C35H49ClN4O/c1-5-39(6-2)35-31(25-26-13-9-7-10-14-26)37-34(41-35)33(40-23-11-8-12-24-40)29-17-15-27(16-18-29)32(38(3)4)28-19-21-30(36)22-20-28/h7,9-10,13-14,19-22,27,29,32-33H,5-6,8,11-12,15-18,23-25H2,1-4H3. The number of oxazole rings is 1. The Morgan fingerprint density at radius 1 is 0.878 bits per heavy atom. The number of rotatable bonds is 11. The third-order valence-electron chi connectivity index (χ3n) is 9.47. The van der Waals surface area contributed by atoms with E-state index in [-0.39, 0.29) is 6.04 Å². The van der Waals surface area contributed by atoms with E-state index in [1.165, 1.54) is 56.1 Å². The molecule has 0 N–H and O–H groups in total. The van der Waals surface area contributed by atoms with Crippen molar-refractivity contribution in [3.05, 3.63) is 82.3 Å². The van der Waals surface area contributed by atoms with Crippen LogP contribution in [0.2, 0.25) is 5.02 Å². The summed E-state index contributed by atoms with van der Waals surface area (Å²) < 4.78 is 6.85. The summed E-state index contributed by atoms with van der Waals surface area (Å²) in [5.41, 5.74) is 3.74. The molecule has 0 amide bonds. The van der Waals surface area contributed by atoms with Crippen LogP contribution in [0.5, 0.6) is 0 Å². The van der Waals surface area contributed by atoms with Crippen LogP contribution >= 0.6 is 11.6 Å². The Balaban J connectivity index is 1.41. The molecule has 5 rings (SSSR count). The summed E-state index contributed by atoms with van der Waals surface area (Å²) in [5.74, 6) is 3.11. The van der Waals surface area contributed by atoms with Gasteiger partial charge in [-0.25, -0.2) is 4.98 Å². The van der Waals surface area contributed by atoms with Gasteiger partial charge in [0.15, 0.2) is 0 Å². The van der Waals surface area contributed by atoms with Crippen LogP contribution in [-0.2, 0) is 6.42 Å². The highest BCUT2D eigenvalue weighted by Crippen LogP contribution is 2.46. The van der Waals surface area contributed by atoms with Crippen molar-refractivity contribution < 1.29 is 4.42 Å². The van der Waals surface area contributed by atoms with Crippen molar-refractivity contribution in [2.45, 2.75) is 77.3 Å². The first-order valence-electron chi connectivity index (χ1n) is 15.9. The van der Waals surface area contributed by atoms with Crippen molar-refractivity contribution in [1.82, 2.24) is 14.8 Å². The lowest BCUT2D eigenvalue weighted by Gasteiger charge is -2.42. The minimum absolute atomic E-state index is 0.253. The van der Waals surface area contributed by atoms with Gasteiger partial charge in [-0.15, -0.1) is 0 Å². The predicted octanol–water partition coefficient (Wildman–Crippen LogP) is 8.40. The van der Waals surface area contributed by atoms with Crippen molar-refractivity contribution in [2.24, 2.45) is 11.8 Å². The molecule has 1 saturated carbocycles. The van der Waals surface area contributed by atoms with Crippen molar-refractivity contribution >= 4 is 17.5 Å². The Morgan fingerprint density at radius 2 is 1.51 bits per heavy atom. The molecule has 1 aliphatic carbocycles. The number of hydrogen-bond acceptors (Lipinski definition) is 5. The number of anilines is 1. The molecule has 3 aromatic rings. The zero-order valence-corrected chi connectivity index (χ0v) is 26.3. The number of benzene rings is 2. The predicted molar refractivity (Wildman–Crippen MR) is 171 cm³/mol. The van der Waals surface area contributed by atoms with E-state index >= 15 is 0 Å². The van der Waals surface area contributed by atoms with Crippen LogP contribution in [0, 0.1) is 11.8 Å². The molecule has 41 heavy (non-hydrogen) atoms. The Labute approximate surface area is 252 Å². The average Bonchev–Trinajstić information content (AvgIpc) is 3.39. The largest absolute Gasteiger partial charge is 0.423 e. The van der Waals surface area contributed by atoms with E-state index in [2.05, 4.69) is 85.1 Å². The zero-order valence-electron chi connectivity index (χ0n) is 25.6. The fraction of sp³-hybridized carbons (Fsp3) is 0.571. The van der Waals surface area contributed by atoms with Gasteiger partial charge in [0, 0.05) is 30.6 Å². The van der Waals surface area contributed by atoms with Gasteiger partial charge in [-0.05, 0) is 115 Å². The van der Waals surface area contributed by atoms with Crippen LogP contribution < -0.4 is 4.90 Å². The molecule has 0 spiro atoms. The van der Waals surface area contributed by atoms with Gasteiger partial charge in [0.25, 0.3) is 0 Å². The topological polar surface area (TPSA) is 35.8 Å². The maximum absolute atomic E-state index is 6.85. The summed E-state index contributed by atoms with van der Waals surface area (Å²) in [6.45, 7) is 8.55. The first kappa shape index (κ1) is 30.1. The fourth-order valence-electron chi connectivity index (χ4n) is 7.43. The normalized spacial score (nSPS) is 21.6. The molecule has 5 nitrogen and oxygen atoms in total. The summed E-state index contributed by atoms with van der Waals surface area (Å²) in [6, 6.07) is 19.9. The third kappa shape index (κ3) is 7.18. The molecule has 1 aromatic heterocycles. The van der Waals surface area contributed by atoms with E-state index in [1.54, 1.807) is 0 Å². The Kier molecular flexibility index (Phi) is 10.4. The molecule has 222 valence electrons. The minimum atomic E-state index is 0.253. The zero-order chi connectivity index (χ0) is 28.8. The fourth-order valence-corrected chi connectivity index (χ4v) is 7.56. The van der Waals surface area contributed by atoms with Crippen molar-refractivity contribution in [1.29, 1.82) is 0 Å². The first-order chi connectivity index (χ1) is 20.0. The molecule has 2 atom stereocenters. The van der Waals surface area contributed by atoms with Crippen molar-refractivity contribution in [2.75, 3.05) is 45.2 Å². The van der Waals surface area contributed by atoms with E-state index in [1.807, 2.05) is 12.1 Å². The number of hydrogen-bond donors (Lipinski definition) is 0. The van der Waals surface area contributed by atoms with Gasteiger partial charge in [0.1, 0.15) is 5.69 Å². The number of aromatic nitrogens is 1. The van der Waals surface area contributed by atoms with E-state index < -0.39 is 0 Å². The van der Waals surface area contributed by atoms with Crippen molar-refractivity contribution in [3.63, 3.8) is 0 Å². The van der Waals surface area contributed by atoms with Gasteiger partial charge in [0.05, 0.1) is 6.04 Å². The third-order valence-corrected chi connectivity index (χ3v) is 9.72. The van der Waals surface area contributed by atoms with Crippen LogP contribution in [0.3, 0.4) is 0 Å². The monoisotopic (exact) mass is 576 g/mol. The van der Waals surface area contributed by atoms with Crippen LogP contribution in [0.15, 0.2) is 59.0 Å². The van der Waals surface area contributed by atoms with Gasteiger partial charge in [0.2, 0.25) is 11.8 Å². The molecule has 2 aromatic carbocycles. The van der Waals surface area contributed by atoms with Crippen LogP contribution in [0.1, 0.15) is 93.6 Å². The van der Waals surface area contributed by atoms with E-state index in [0.717, 1.165) is 55.1 Å². The highest BCUT2D eigenvalue weighted by atomic mass is 35.5. The summed E-state index contributed by atoms with van der Waals surface area (Å²) in [5, 5.41) is 0.806. The van der Waals surface area contributed by atoms with Crippen LogP contribution in [0.25, 0.3) is 0 Å². The van der Waals surface area contributed by atoms with Gasteiger partial charge in [-0.1, -0.05) is 60.5 Å². The Hall–Kier alpha value is -2.34. The maximum atomic E-state index is 6.85. The van der Waals surface area contributed by atoms with Gasteiger partial charge < -0.3 is 14.2 Å². The molecule has 2 unspecified atom stereocenters. The maximum Gasteiger partial charge on any atom is 0.219 e. The number of likely N-dealkylation sites (tertiary alicyclic amines) is 1. The molecule has 1 aliphatic heterocycles. The number of halogens is 1. The van der Waals surface area contributed by atoms with Crippen LogP contribution in [-0.4, -0.2) is 55.1 Å². The second-order valence-electron chi connectivity index (χ2n) is 12.3. The molecule has 0 bridgehead atoms. The number of nitrogens with zero attached hydrogens (tertiary/aromatic N) is 4. The smallest absolute Gasteiger partial charge is 0.219 e. The molecule has 0 radical (unpaired) electrons. The second kappa shape index (κ2) is 14.2. The molecule has 2 heterocycles. The van der Waals surface area contributed by atoms with Crippen LogP contribution in [0.4, 0.5) is 5.88 Å². The summed E-state index contributed by atoms with van der Waals surface area (Å²) >= 11 is 6.23. The summed E-state index contributed by atoms with van der Waals surface area (Å²) in [6.07, 6.45) is 9.54. The van der Waals surface area contributed by atoms with Gasteiger partial charge in [-0.2, -0.15) is 0 Å². The quantitative estimate of drug-likeness (QED) is 0.229. The van der Waals surface area contributed by atoms with Crippen molar-refractivity contribution in [3.8, 4) is 0 Å². The van der Waals surface area contributed by atoms with E-state index in [0.29, 0.717) is 17.9 Å². The van der Waals surface area contributed by atoms with E-state index in [4.69, 9.17) is 21.0 Å². The average molecular weight is 577 g/mol. The van der Waals surface area contributed by atoms with Gasteiger partial charge in [-0.3, -0.25) is 4.90 Å². The molecular formula is C35H49ClN4O. The lowest BCUT2D eigenvalue weighted by atomic mass is 9.73. The van der Waals surface area contributed by atoms with E-state index in [9.17, 15) is 0 Å². The minimum Gasteiger partial charge on any atom is -0.423 e. The van der Waals surface area contributed by atoms with Gasteiger partial charge >= 0.3 is 0 Å². The summed E-state index contributed by atoms with van der Waals surface area (Å²) in [4.78, 5) is 12.8. The highest BCUT2D eigenvalue weighted by Gasteiger charge is 2.39. The molecule has 2 aliphatic rings. The molecular weight excluding hydrogens is 528 g/mol. The summed E-state index contributed by atoms with van der Waals surface area (Å²) in [7, 11) is 4.44. The molecule has 6 heteroatoms. The first-order valence-corrected chi connectivity index (χ1v) is 16.3.